The second-order valence-electron chi connectivity index (χ2n) is 5.07. The van der Waals surface area contributed by atoms with Crippen LogP contribution in [0.1, 0.15) is 10.4 Å². The number of likely N-dealkylation sites (N-methyl/N-ethyl adjacent to an activating group) is 1. The number of nitrogens with zero attached hydrogens (tertiary/aromatic N) is 1. The van der Waals surface area contributed by atoms with Crippen molar-refractivity contribution < 1.29 is 19.0 Å². The monoisotopic (exact) mass is 349 g/mol. The largest absolute Gasteiger partial charge is 0.493 e. The van der Waals surface area contributed by atoms with Crippen LogP contribution in [0.2, 0.25) is 5.02 Å². The standard InChI is InChI=1S/C18H20ClNO4/c1-20(11-12-24-14-9-7-13(19)8-10-14)18(21)15-5-4-6-16(22-2)17(15)23-3/h4-10H,11-12H2,1-3H3. The predicted octanol–water partition coefficient (Wildman–Crippen LogP) is 3.51. The van der Waals surface area contributed by atoms with Gasteiger partial charge in [0.15, 0.2) is 11.5 Å². The molecular formula is C18H20ClNO4. The summed E-state index contributed by atoms with van der Waals surface area (Å²) in [7, 11) is 4.76. The summed E-state index contributed by atoms with van der Waals surface area (Å²) < 4.78 is 16.1. The number of para-hydroxylation sites is 1. The fraction of sp³-hybridized carbons (Fsp3) is 0.278. The van der Waals surface area contributed by atoms with Crippen LogP contribution in [0, 0.1) is 0 Å². The number of ether oxygens (including phenoxy) is 3. The molecule has 0 saturated carbocycles. The summed E-state index contributed by atoms with van der Waals surface area (Å²) in [5, 5.41) is 0.653. The van der Waals surface area contributed by atoms with E-state index in [1.807, 2.05) is 0 Å². The maximum atomic E-state index is 12.6. The van der Waals surface area contributed by atoms with Gasteiger partial charge in [-0.05, 0) is 36.4 Å². The number of benzene rings is 2. The van der Waals surface area contributed by atoms with Gasteiger partial charge in [0.2, 0.25) is 0 Å². The summed E-state index contributed by atoms with van der Waals surface area (Å²) in [5.74, 6) is 1.49. The molecule has 0 saturated heterocycles. The van der Waals surface area contributed by atoms with Crippen LogP contribution >= 0.6 is 11.6 Å². The van der Waals surface area contributed by atoms with Crippen molar-refractivity contribution in [3.63, 3.8) is 0 Å². The second-order valence-corrected chi connectivity index (χ2v) is 5.51. The number of halogens is 1. The van der Waals surface area contributed by atoms with Gasteiger partial charge in [-0.3, -0.25) is 4.79 Å². The van der Waals surface area contributed by atoms with E-state index in [2.05, 4.69) is 0 Å². The molecule has 0 N–H and O–H groups in total. The molecule has 0 fully saturated rings. The molecule has 1 amide bonds. The zero-order valence-corrected chi connectivity index (χ0v) is 14.7. The Balaban J connectivity index is 1.98. The van der Waals surface area contributed by atoms with Crippen LogP contribution in [-0.4, -0.2) is 45.2 Å². The number of rotatable bonds is 7. The van der Waals surface area contributed by atoms with Crippen molar-refractivity contribution in [2.45, 2.75) is 0 Å². The minimum absolute atomic E-state index is 0.162. The average Bonchev–Trinajstić information content (AvgIpc) is 2.61. The Morgan fingerprint density at radius 2 is 1.79 bits per heavy atom. The number of methoxy groups -OCH3 is 2. The van der Waals surface area contributed by atoms with E-state index in [-0.39, 0.29) is 5.91 Å². The molecule has 0 aromatic heterocycles. The zero-order chi connectivity index (χ0) is 17.5. The molecule has 5 nitrogen and oxygen atoms in total. The van der Waals surface area contributed by atoms with Gasteiger partial charge in [0.1, 0.15) is 12.4 Å². The minimum atomic E-state index is -0.162. The Morgan fingerprint density at radius 1 is 1.08 bits per heavy atom. The summed E-state index contributed by atoms with van der Waals surface area (Å²) in [5.41, 5.74) is 0.450. The number of carbonyl (C=O) groups excluding carboxylic acids is 1. The Kier molecular flexibility index (Phi) is 6.32. The Hall–Kier alpha value is -2.40. The Bertz CT molecular complexity index is 688. The SMILES string of the molecule is COc1cccc(C(=O)N(C)CCOc2ccc(Cl)cc2)c1OC. The summed E-state index contributed by atoms with van der Waals surface area (Å²) >= 11 is 5.83. The molecular weight excluding hydrogens is 330 g/mol. The highest BCUT2D eigenvalue weighted by Crippen LogP contribution is 2.31. The van der Waals surface area contributed by atoms with E-state index in [9.17, 15) is 4.79 Å². The minimum Gasteiger partial charge on any atom is -0.493 e. The lowest BCUT2D eigenvalue weighted by molar-refractivity contribution is 0.0769. The molecule has 24 heavy (non-hydrogen) atoms. The average molecular weight is 350 g/mol. The summed E-state index contributed by atoms with van der Waals surface area (Å²) in [6.45, 7) is 0.804. The lowest BCUT2D eigenvalue weighted by Gasteiger charge is -2.19. The van der Waals surface area contributed by atoms with Crippen LogP contribution in [0.15, 0.2) is 42.5 Å². The van der Waals surface area contributed by atoms with Crippen LogP contribution in [-0.2, 0) is 0 Å². The van der Waals surface area contributed by atoms with Crippen molar-refractivity contribution >= 4 is 17.5 Å². The molecule has 0 heterocycles. The van der Waals surface area contributed by atoms with Gasteiger partial charge in [-0.2, -0.15) is 0 Å². The van der Waals surface area contributed by atoms with Gasteiger partial charge >= 0.3 is 0 Å². The Morgan fingerprint density at radius 3 is 2.42 bits per heavy atom. The quantitative estimate of drug-likeness (QED) is 0.767. The van der Waals surface area contributed by atoms with Crippen LogP contribution < -0.4 is 14.2 Å². The van der Waals surface area contributed by atoms with Gasteiger partial charge in [0.25, 0.3) is 5.91 Å². The van der Waals surface area contributed by atoms with E-state index in [4.69, 9.17) is 25.8 Å². The van der Waals surface area contributed by atoms with E-state index in [0.29, 0.717) is 41.0 Å². The first-order chi connectivity index (χ1) is 11.6. The summed E-state index contributed by atoms with van der Waals surface area (Å²) in [6.07, 6.45) is 0. The lowest BCUT2D eigenvalue weighted by Crippen LogP contribution is -2.31. The first kappa shape index (κ1) is 17.9. The first-order valence-corrected chi connectivity index (χ1v) is 7.79. The number of hydrogen-bond acceptors (Lipinski definition) is 4. The molecule has 0 bridgehead atoms. The molecule has 6 heteroatoms. The summed E-state index contributed by atoms with van der Waals surface area (Å²) in [4.78, 5) is 14.2. The van der Waals surface area contributed by atoms with Crippen LogP contribution in [0.25, 0.3) is 0 Å². The topological polar surface area (TPSA) is 48.0 Å². The van der Waals surface area contributed by atoms with Gasteiger partial charge in [0.05, 0.1) is 26.3 Å². The zero-order valence-electron chi connectivity index (χ0n) is 13.9. The maximum Gasteiger partial charge on any atom is 0.257 e. The third-order valence-corrected chi connectivity index (χ3v) is 3.74. The highest BCUT2D eigenvalue weighted by molar-refractivity contribution is 6.30. The number of carbonyl (C=O) groups is 1. The molecule has 0 atom stereocenters. The van der Waals surface area contributed by atoms with Crippen molar-refractivity contribution in [2.75, 3.05) is 34.4 Å². The van der Waals surface area contributed by atoms with Crippen LogP contribution in [0.5, 0.6) is 17.2 Å². The molecule has 0 radical (unpaired) electrons. The van der Waals surface area contributed by atoms with Crippen LogP contribution in [0.4, 0.5) is 0 Å². The number of amides is 1. The maximum absolute atomic E-state index is 12.6. The van der Waals surface area contributed by atoms with Crippen molar-refractivity contribution in [1.82, 2.24) is 4.90 Å². The molecule has 0 unspecified atom stereocenters. The lowest BCUT2D eigenvalue weighted by atomic mass is 10.1. The molecule has 0 aliphatic rings. The van der Waals surface area contributed by atoms with E-state index in [0.717, 1.165) is 0 Å². The molecule has 2 aromatic carbocycles. The van der Waals surface area contributed by atoms with E-state index < -0.39 is 0 Å². The highest BCUT2D eigenvalue weighted by Gasteiger charge is 2.19. The second kappa shape index (κ2) is 8.45. The van der Waals surface area contributed by atoms with Crippen molar-refractivity contribution in [1.29, 1.82) is 0 Å². The third kappa shape index (κ3) is 4.32. The molecule has 2 rings (SSSR count). The van der Waals surface area contributed by atoms with Crippen molar-refractivity contribution in [3.05, 3.63) is 53.1 Å². The van der Waals surface area contributed by atoms with Crippen LogP contribution in [0.3, 0.4) is 0 Å². The number of hydrogen-bond donors (Lipinski definition) is 0. The third-order valence-electron chi connectivity index (χ3n) is 3.49. The summed E-state index contributed by atoms with van der Waals surface area (Å²) in [6, 6.07) is 12.3. The first-order valence-electron chi connectivity index (χ1n) is 7.41. The van der Waals surface area contributed by atoms with Crippen molar-refractivity contribution in [2.24, 2.45) is 0 Å². The molecule has 128 valence electrons. The Labute approximate surface area is 146 Å². The van der Waals surface area contributed by atoms with E-state index in [1.165, 1.54) is 14.2 Å². The van der Waals surface area contributed by atoms with Crippen molar-refractivity contribution in [3.8, 4) is 17.2 Å². The van der Waals surface area contributed by atoms with Gasteiger partial charge < -0.3 is 19.1 Å². The fourth-order valence-corrected chi connectivity index (χ4v) is 2.32. The normalized spacial score (nSPS) is 10.2. The van der Waals surface area contributed by atoms with E-state index in [1.54, 1.807) is 54.4 Å². The molecule has 2 aromatic rings. The predicted molar refractivity (Wildman–Crippen MR) is 93.5 cm³/mol. The van der Waals surface area contributed by atoms with E-state index >= 15 is 0 Å². The van der Waals surface area contributed by atoms with Gasteiger partial charge in [0, 0.05) is 12.1 Å². The van der Waals surface area contributed by atoms with Gasteiger partial charge in [-0.1, -0.05) is 17.7 Å². The highest BCUT2D eigenvalue weighted by atomic mass is 35.5. The molecule has 0 spiro atoms. The van der Waals surface area contributed by atoms with Gasteiger partial charge in [-0.25, -0.2) is 0 Å². The smallest absolute Gasteiger partial charge is 0.257 e. The van der Waals surface area contributed by atoms with Gasteiger partial charge in [-0.15, -0.1) is 0 Å². The fourth-order valence-electron chi connectivity index (χ4n) is 2.19. The molecule has 0 aliphatic heterocycles. The molecule has 0 aliphatic carbocycles.